The lowest BCUT2D eigenvalue weighted by Gasteiger charge is -2.28. The number of rotatable bonds is 5. The van der Waals surface area contributed by atoms with Crippen molar-refractivity contribution in [2.45, 2.75) is 31.7 Å². The summed E-state index contributed by atoms with van der Waals surface area (Å²) in [6.07, 6.45) is 8.41. The monoisotopic (exact) mass is 418 g/mol. The van der Waals surface area contributed by atoms with Gasteiger partial charge >= 0.3 is 0 Å². The topological polar surface area (TPSA) is 49.3 Å². The van der Waals surface area contributed by atoms with Crippen LogP contribution in [0.15, 0.2) is 54.2 Å². The van der Waals surface area contributed by atoms with Gasteiger partial charge in [-0.25, -0.2) is 4.98 Å². The highest BCUT2D eigenvalue weighted by Crippen LogP contribution is 2.29. The van der Waals surface area contributed by atoms with Crippen molar-refractivity contribution in [3.05, 3.63) is 59.7 Å². The SMILES string of the molecule is O=C(c1ccc(-c2nc(-c3cccnc3)cs2)cc1)N1CCCC1CN1CCCC1. The van der Waals surface area contributed by atoms with Gasteiger partial charge in [-0.3, -0.25) is 9.78 Å². The maximum atomic E-state index is 13.2. The van der Waals surface area contributed by atoms with Crippen LogP contribution in [0.2, 0.25) is 0 Å². The Balaban J connectivity index is 1.29. The highest BCUT2D eigenvalue weighted by atomic mass is 32.1. The third kappa shape index (κ3) is 4.02. The number of carbonyl (C=O) groups excluding carboxylic acids is 1. The molecule has 1 unspecified atom stereocenters. The number of carbonyl (C=O) groups is 1. The van der Waals surface area contributed by atoms with Crippen molar-refractivity contribution in [1.29, 1.82) is 0 Å². The van der Waals surface area contributed by atoms with Gasteiger partial charge in [0.2, 0.25) is 0 Å². The van der Waals surface area contributed by atoms with E-state index in [4.69, 9.17) is 4.98 Å². The van der Waals surface area contributed by atoms with Crippen molar-refractivity contribution in [3.8, 4) is 21.8 Å². The Bertz CT molecular complexity index is 996. The third-order valence-corrected chi connectivity index (χ3v) is 7.04. The van der Waals surface area contributed by atoms with E-state index >= 15 is 0 Å². The van der Waals surface area contributed by atoms with E-state index in [9.17, 15) is 4.79 Å². The first-order chi connectivity index (χ1) is 14.8. The molecule has 4 heterocycles. The number of benzene rings is 1. The molecule has 2 saturated heterocycles. The minimum Gasteiger partial charge on any atom is -0.334 e. The Labute approximate surface area is 181 Å². The van der Waals surface area contributed by atoms with Gasteiger partial charge < -0.3 is 9.80 Å². The van der Waals surface area contributed by atoms with Crippen LogP contribution in [0.3, 0.4) is 0 Å². The molecule has 154 valence electrons. The molecule has 1 amide bonds. The summed E-state index contributed by atoms with van der Waals surface area (Å²) < 4.78 is 0. The number of pyridine rings is 1. The van der Waals surface area contributed by atoms with Gasteiger partial charge in [0.1, 0.15) is 5.01 Å². The molecule has 5 rings (SSSR count). The molecule has 0 radical (unpaired) electrons. The lowest BCUT2D eigenvalue weighted by Crippen LogP contribution is -2.42. The molecule has 1 atom stereocenters. The van der Waals surface area contributed by atoms with Crippen LogP contribution in [-0.4, -0.2) is 57.9 Å². The smallest absolute Gasteiger partial charge is 0.254 e. The molecule has 0 aliphatic carbocycles. The zero-order valence-electron chi connectivity index (χ0n) is 17.0. The van der Waals surface area contributed by atoms with Crippen LogP contribution in [-0.2, 0) is 0 Å². The van der Waals surface area contributed by atoms with E-state index < -0.39 is 0 Å². The summed E-state index contributed by atoms with van der Waals surface area (Å²) in [5, 5.41) is 3.01. The van der Waals surface area contributed by atoms with Crippen LogP contribution in [0, 0.1) is 0 Å². The number of aromatic nitrogens is 2. The van der Waals surface area contributed by atoms with Crippen LogP contribution in [0.1, 0.15) is 36.0 Å². The number of amides is 1. The molecule has 2 aliphatic rings. The van der Waals surface area contributed by atoms with E-state index in [-0.39, 0.29) is 5.91 Å². The van der Waals surface area contributed by atoms with Gasteiger partial charge in [-0.05, 0) is 63.0 Å². The maximum absolute atomic E-state index is 13.2. The first-order valence-corrected chi connectivity index (χ1v) is 11.7. The second kappa shape index (κ2) is 8.66. The lowest BCUT2D eigenvalue weighted by atomic mass is 10.1. The van der Waals surface area contributed by atoms with E-state index in [2.05, 4.69) is 20.2 Å². The summed E-state index contributed by atoms with van der Waals surface area (Å²) in [5.41, 5.74) is 3.77. The first-order valence-electron chi connectivity index (χ1n) is 10.8. The zero-order chi connectivity index (χ0) is 20.3. The van der Waals surface area contributed by atoms with Crippen molar-refractivity contribution in [1.82, 2.24) is 19.8 Å². The minimum absolute atomic E-state index is 0.165. The van der Waals surface area contributed by atoms with E-state index in [1.54, 1.807) is 17.5 Å². The van der Waals surface area contributed by atoms with Crippen molar-refractivity contribution < 1.29 is 4.79 Å². The van der Waals surface area contributed by atoms with E-state index in [0.717, 1.165) is 53.3 Å². The molecular formula is C24H26N4OS. The molecule has 0 saturated carbocycles. The van der Waals surface area contributed by atoms with Gasteiger partial charge in [0.15, 0.2) is 0 Å². The summed E-state index contributed by atoms with van der Waals surface area (Å²) in [7, 11) is 0. The Morgan fingerprint density at radius 3 is 2.63 bits per heavy atom. The Kier molecular flexibility index (Phi) is 5.60. The van der Waals surface area contributed by atoms with Gasteiger partial charge in [0, 0.05) is 53.6 Å². The van der Waals surface area contributed by atoms with Crippen molar-refractivity contribution in [2.75, 3.05) is 26.2 Å². The minimum atomic E-state index is 0.165. The number of thiazole rings is 1. The maximum Gasteiger partial charge on any atom is 0.254 e. The number of likely N-dealkylation sites (tertiary alicyclic amines) is 2. The first kappa shape index (κ1) is 19.4. The summed E-state index contributed by atoms with van der Waals surface area (Å²) in [5.74, 6) is 0.165. The summed E-state index contributed by atoms with van der Waals surface area (Å²) in [4.78, 5) is 26.7. The number of hydrogen-bond acceptors (Lipinski definition) is 5. The predicted molar refractivity (Wildman–Crippen MR) is 121 cm³/mol. The van der Waals surface area contributed by atoms with Crippen molar-refractivity contribution >= 4 is 17.2 Å². The van der Waals surface area contributed by atoms with E-state index in [1.165, 1.54) is 25.9 Å². The highest BCUT2D eigenvalue weighted by molar-refractivity contribution is 7.13. The Morgan fingerprint density at radius 1 is 1.03 bits per heavy atom. The average Bonchev–Trinajstić information content (AvgIpc) is 3.57. The zero-order valence-corrected chi connectivity index (χ0v) is 17.9. The summed E-state index contributed by atoms with van der Waals surface area (Å²) >= 11 is 1.62. The molecular weight excluding hydrogens is 392 g/mol. The standard InChI is InChI=1S/C24H26N4OS/c29-24(28-14-4-6-21(28)16-27-12-1-2-13-27)19-9-7-18(8-10-19)23-26-22(17-30-23)20-5-3-11-25-15-20/h3,5,7-11,15,17,21H,1-2,4,6,12-14,16H2. The van der Waals surface area contributed by atoms with Crippen molar-refractivity contribution in [2.24, 2.45) is 0 Å². The third-order valence-electron chi connectivity index (χ3n) is 6.15. The summed E-state index contributed by atoms with van der Waals surface area (Å²) in [6.45, 7) is 4.27. The number of hydrogen-bond donors (Lipinski definition) is 0. The quantitative estimate of drug-likeness (QED) is 0.609. The van der Waals surface area contributed by atoms with Gasteiger partial charge in [-0.15, -0.1) is 11.3 Å². The second-order valence-corrected chi connectivity index (χ2v) is 9.02. The molecule has 3 aromatic rings. The normalized spacial score (nSPS) is 19.5. The van der Waals surface area contributed by atoms with Crippen LogP contribution in [0.5, 0.6) is 0 Å². The van der Waals surface area contributed by atoms with Crippen LogP contribution >= 0.6 is 11.3 Å². The van der Waals surface area contributed by atoms with Crippen molar-refractivity contribution in [3.63, 3.8) is 0 Å². The predicted octanol–water partition coefficient (Wildman–Crippen LogP) is 4.57. The molecule has 5 nitrogen and oxygen atoms in total. The highest BCUT2D eigenvalue weighted by Gasteiger charge is 2.31. The number of nitrogens with zero attached hydrogens (tertiary/aromatic N) is 4. The van der Waals surface area contributed by atoms with Gasteiger partial charge in [-0.2, -0.15) is 0 Å². The van der Waals surface area contributed by atoms with Crippen LogP contribution in [0.25, 0.3) is 21.8 Å². The van der Waals surface area contributed by atoms with Gasteiger partial charge in [-0.1, -0.05) is 12.1 Å². The molecule has 6 heteroatoms. The molecule has 0 spiro atoms. The second-order valence-electron chi connectivity index (χ2n) is 8.16. The molecule has 2 fully saturated rings. The lowest BCUT2D eigenvalue weighted by molar-refractivity contribution is 0.0709. The molecule has 2 aliphatic heterocycles. The fourth-order valence-electron chi connectivity index (χ4n) is 4.53. The fourth-order valence-corrected chi connectivity index (χ4v) is 5.37. The largest absolute Gasteiger partial charge is 0.334 e. The molecule has 0 bridgehead atoms. The molecule has 1 aromatic carbocycles. The van der Waals surface area contributed by atoms with Gasteiger partial charge in [0.25, 0.3) is 5.91 Å². The molecule has 2 aromatic heterocycles. The molecule has 0 N–H and O–H groups in total. The Morgan fingerprint density at radius 2 is 1.87 bits per heavy atom. The average molecular weight is 419 g/mol. The van der Waals surface area contributed by atoms with Gasteiger partial charge in [0.05, 0.1) is 5.69 Å². The van der Waals surface area contributed by atoms with Crippen LogP contribution < -0.4 is 0 Å². The Hall–Kier alpha value is -2.57. The van der Waals surface area contributed by atoms with E-state index in [1.807, 2.05) is 42.6 Å². The van der Waals surface area contributed by atoms with E-state index in [0.29, 0.717) is 6.04 Å². The summed E-state index contributed by atoms with van der Waals surface area (Å²) in [6, 6.07) is 12.2. The molecule has 30 heavy (non-hydrogen) atoms. The fraction of sp³-hybridized carbons (Fsp3) is 0.375. The van der Waals surface area contributed by atoms with Crippen LogP contribution in [0.4, 0.5) is 0 Å².